The van der Waals surface area contributed by atoms with Gasteiger partial charge in [0.1, 0.15) is 11.9 Å². The Morgan fingerprint density at radius 1 is 1.42 bits per heavy atom. The molecule has 1 atom stereocenters. The molecule has 0 amide bonds. The predicted octanol–water partition coefficient (Wildman–Crippen LogP) is 1.39. The summed E-state index contributed by atoms with van der Waals surface area (Å²) in [6, 6.07) is 6.00. The molecule has 2 aromatic rings. The van der Waals surface area contributed by atoms with Crippen LogP contribution in [-0.2, 0) is 17.9 Å². The van der Waals surface area contributed by atoms with E-state index in [9.17, 15) is 9.18 Å². The molecule has 6 nitrogen and oxygen atoms in total. The van der Waals surface area contributed by atoms with E-state index in [1.807, 2.05) is 0 Å². The second kappa shape index (κ2) is 4.43. The van der Waals surface area contributed by atoms with Crippen LogP contribution in [0.3, 0.4) is 0 Å². The number of nitrogens with zero attached hydrogens (tertiary/aromatic N) is 3. The van der Waals surface area contributed by atoms with Crippen molar-refractivity contribution in [3.63, 3.8) is 0 Å². The Kier molecular flexibility index (Phi) is 2.75. The van der Waals surface area contributed by atoms with Crippen LogP contribution < -0.4 is 0 Å². The van der Waals surface area contributed by atoms with Crippen LogP contribution in [0.4, 0.5) is 4.39 Å². The largest absolute Gasteiger partial charge is 0.476 e. The number of halogens is 1. The molecule has 1 aromatic heterocycles. The average Bonchev–Trinajstić information content (AvgIpc) is 2.82. The fourth-order valence-electron chi connectivity index (χ4n) is 2.06. The van der Waals surface area contributed by atoms with Crippen LogP contribution in [0.15, 0.2) is 24.3 Å². The number of aromatic nitrogens is 3. The fraction of sp³-hybridized carbons (Fsp3) is 0.250. The second-order valence-corrected chi connectivity index (χ2v) is 4.22. The van der Waals surface area contributed by atoms with Crippen molar-refractivity contribution in [1.29, 1.82) is 0 Å². The highest BCUT2D eigenvalue weighted by Crippen LogP contribution is 2.26. The van der Waals surface area contributed by atoms with Gasteiger partial charge in [0, 0.05) is 0 Å². The topological polar surface area (TPSA) is 77.2 Å². The first-order valence-electron chi connectivity index (χ1n) is 5.68. The number of hydrogen-bond acceptors (Lipinski definition) is 4. The van der Waals surface area contributed by atoms with Crippen LogP contribution in [0.5, 0.6) is 0 Å². The minimum absolute atomic E-state index is 0.0856. The third-order valence-corrected chi connectivity index (χ3v) is 3.04. The maximum absolute atomic E-state index is 12.9. The maximum atomic E-state index is 12.9. The van der Waals surface area contributed by atoms with Gasteiger partial charge in [-0.05, 0) is 17.7 Å². The molecule has 0 saturated heterocycles. The van der Waals surface area contributed by atoms with Crippen molar-refractivity contribution in [1.82, 2.24) is 15.0 Å². The molecule has 1 aliphatic heterocycles. The zero-order valence-electron chi connectivity index (χ0n) is 9.78. The highest BCUT2D eigenvalue weighted by Gasteiger charge is 2.27. The monoisotopic (exact) mass is 263 g/mol. The molecule has 0 aliphatic carbocycles. The Balaban J connectivity index is 1.86. The third-order valence-electron chi connectivity index (χ3n) is 3.04. The van der Waals surface area contributed by atoms with Gasteiger partial charge in [-0.1, -0.05) is 17.3 Å². The van der Waals surface area contributed by atoms with Gasteiger partial charge in [-0.15, -0.1) is 5.10 Å². The average molecular weight is 263 g/mol. The van der Waals surface area contributed by atoms with Crippen molar-refractivity contribution in [3.8, 4) is 0 Å². The molecule has 3 rings (SSSR count). The molecule has 0 bridgehead atoms. The van der Waals surface area contributed by atoms with Gasteiger partial charge in [-0.3, -0.25) is 0 Å². The zero-order valence-corrected chi connectivity index (χ0v) is 9.78. The van der Waals surface area contributed by atoms with Crippen molar-refractivity contribution in [3.05, 3.63) is 47.0 Å². The van der Waals surface area contributed by atoms with Crippen LogP contribution in [0, 0.1) is 5.82 Å². The van der Waals surface area contributed by atoms with E-state index in [1.54, 1.807) is 12.1 Å². The third kappa shape index (κ3) is 2.08. The summed E-state index contributed by atoms with van der Waals surface area (Å²) in [6.07, 6.45) is -0.281. The summed E-state index contributed by atoms with van der Waals surface area (Å²) in [4.78, 5) is 10.9. The molecular formula is C12H10FN3O3. The Morgan fingerprint density at radius 3 is 2.84 bits per heavy atom. The predicted molar refractivity (Wildman–Crippen MR) is 60.9 cm³/mol. The molecule has 0 radical (unpaired) electrons. The molecule has 7 heteroatoms. The van der Waals surface area contributed by atoms with Crippen LogP contribution in [-0.4, -0.2) is 26.1 Å². The number of rotatable bonds is 2. The summed E-state index contributed by atoms with van der Waals surface area (Å²) in [5.41, 5.74) is 1.18. The van der Waals surface area contributed by atoms with Gasteiger partial charge < -0.3 is 9.84 Å². The number of ether oxygens (including phenoxy) is 1. The molecule has 1 aromatic carbocycles. The summed E-state index contributed by atoms with van der Waals surface area (Å²) in [7, 11) is 0. The molecule has 1 unspecified atom stereocenters. The molecule has 1 aliphatic rings. The molecule has 2 heterocycles. The van der Waals surface area contributed by atoms with Crippen LogP contribution in [0.1, 0.15) is 27.8 Å². The summed E-state index contributed by atoms with van der Waals surface area (Å²) in [5.74, 6) is -1.43. The second-order valence-electron chi connectivity index (χ2n) is 4.22. The standard InChI is InChI=1S/C12H10FN3O3/c13-8-3-1-7(2-4-8)10-5-16-9(6-19-10)11(12(17)18)14-15-16/h1-4,10H,5-6H2,(H,17,18). The Labute approximate surface area is 107 Å². The van der Waals surface area contributed by atoms with Crippen LogP contribution in [0.2, 0.25) is 0 Å². The Morgan fingerprint density at radius 2 is 2.16 bits per heavy atom. The highest BCUT2D eigenvalue weighted by atomic mass is 19.1. The van der Waals surface area contributed by atoms with E-state index in [0.717, 1.165) is 5.56 Å². The lowest BCUT2D eigenvalue weighted by Crippen LogP contribution is -2.23. The lowest BCUT2D eigenvalue weighted by atomic mass is 10.1. The minimum atomic E-state index is -1.12. The van der Waals surface area contributed by atoms with E-state index in [2.05, 4.69) is 10.3 Å². The number of hydrogen-bond donors (Lipinski definition) is 1. The molecule has 0 fully saturated rings. The van der Waals surface area contributed by atoms with Gasteiger partial charge in [0.2, 0.25) is 0 Å². The number of carbonyl (C=O) groups is 1. The number of carboxylic acids is 1. The van der Waals surface area contributed by atoms with Gasteiger partial charge in [0.25, 0.3) is 0 Å². The Hall–Kier alpha value is -2.28. The normalized spacial score (nSPS) is 18.1. The van der Waals surface area contributed by atoms with Gasteiger partial charge in [0.15, 0.2) is 5.69 Å². The van der Waals surface area contributed by atoms with E-state index in [1.165, 1.54) is 16.8 Å². The fourth-order valence-corrected chi connectivity index (χ4v) is 2.06. The first kappa shape index (κ1) is 11.8. The van der Waals surface area contributed by atoms with Crippen LogP contribution >= 0.6 is 0 Å². The summed E-state index contributed by atoms with van der Waals surface area (Å²) < 4.78 is 20.0. The van der Waals surface area contributed by atoms with E-state index in [0.29, 0.717) is 12.2 Å². The van der Waals surface area contributed by atoms with Crippen molar-refractivity contribution in [2.24, 2.45) is 0 Å². The quantitative estimate of drug-likeness (QED) is 0.885. The maximum Gasteiger partial charge on any atom is 0.358 e. The van der Waals surface area contributed by atoms with Crippen molar-refractivity contribution >= 4 is 5.97 Å². The van der Waals surface area contributed by atoms with Gasteiger partial charge in [-0.25, -0.2) is 13.9 Å². The van der Waals surface area contributed by atoms with E-state index in [-0.39, 0.29) is 24.2 Å². The highest BCUT2D eigenvalue weighted by molar-refractivity contribution is 5.86. The smallest absolute Gasteiger partial charge is 0.358 e. The summed E-state index contributed by atoms with van der Waals surface area (Å²) in [5, 5.41) is 16.3. The van der Waals surface area contributed by atoms with Crippen molar-refractivity contribution < 1.29 is 19.0 Å². The van der Waals surface area contributed by atoms with Gasteiger partial charge in [0.05, 0.1) is 18.8 Å². The molecule has 1 N–H and O–H groups in total. The number of benzene rings is 1. The lowest BCUT2D eigenvalue weighted by molar-refractivity contribution is -0.00210. The summed E-state index contributed by atoms with van der Waals surface area (Å²) in [6.45, 7) is 0.484. The first-order valence-corrected chi connectivity index (χ1v) is 5.68. The van der Waals surface area contributed by atoms with Crippen molar-refractivity contribution in [2.75, 3.05) is 0 Å². The number of carboxylic acid groups (broad SMARTS) is 1. The molecule has 98 valence electrons. The zero-order chi connectivity index (χ0) is 13.4. The molecular weight excluding hydrogens is 253 g/mol. The van der Waals surface area contributed by atoms with Crippen LogP contribution in [0.25, 0.3) is 0 Å². The molecule has 0 spiro atoms. The minimum Gasteiger partial charge on any atom is -0.476 e. The lowest BCUT2D eigenvalue weighted by Gasteiger charge is -2.24. The molecule has 0 saturated carbocycles. The first-order chi connectivity index (χ1) is 9.15. The van der Waals surface area contributed by atoms with Gasteiger partial charge >= 0.3 is 5.97 Å². The van der Waals surface area contributed by atoms with E-state index < -0.39 is 5.97 Å². The SMILES string of the molecule is O=C(O)c1nnn2c1COC(c1ccc(F)cc1)C2. The summed E-state index contributed by atoms with van der Waals surface area (Å²) >= 11 is 0. The van der Waals surface area contributed by atoms with Crippen molar-refractivity contribution in [2.45, 2.75) is 19.3 Å². The van der Waals surface area contributed by atoms with Gasteiger partial charge in [-0.2, -0.15) is 0 Å². The Bertz CT molecular complexity index is 624. The van der Waals surface area contributed by atoms with E-state index >= 15 is 0 Å². The van der Waals surface area contributed by atoms with E-state index in [4.69, 9.17) is 9.84 Å². The molecule has 19 heavy (non-hydrogen) atoms. The number of fused-ring (bicyclic) bond motifs is 1. The number of aromatic carboxylic acids is 1.